The monoisotopic (exact) mass is 1250 g/mol. The summed E-state index contributed by atoms with van der Waals surface area (Å²) in [5, 5.41) is 14.0. The Morgan fingerprint density at radius 2 is 0.663 bits per heavy atom. The highest BCUT2D eigenvalue weighted by atomic mass is 14.7. The number of hydrogen-bond donors (Lipinski definition) is 0. The minimum absolute atomic E-state index is 1.08. The number of aromatic nitrogens is 7. The van der Waals surface area contributed by atoms with Gasteiger partial charge in [0.15, 0.2) is 0 Å². The number of nitrogens with zero attached hydrogens (tertiary/aromatic N) is 7. The van der Waals surface area contributed by atoms with E-state index < -0.39 is 0 Å². The lowest BCUT2D eigenvalue weighted by Crippen LogP contribution is -1.94. The molecular weight excluding hydrogens is 1160 g/mol. The zero-order valence-electron chi connectivity index (χ0n) is 59.3. The molecule has 0 saturated carbocycles. The van der Waals surface area contributed by atoms with Gasteiger partial charge < -0.3 is 0 Å². The minimum Gasteiger partial charge on any atom is -0.258 e. The van der Waals surface area contributed by atoms with Gasteiger partial charge in [0, 0.05) is 94.3 Å². The molecule has 0 aliphatic carbocycles. The van der Waals surface area contributed by atoms with Crippen LogP contribution in [-0.2, 0) is 6.42 Å². The zero-order valence-corrected chi connectivity index (χ0v) is 59.3. The largest absolute Gasteiger partial charge is 0.258 e. The normalized spacial score (nSPS) is 10.8. The first-order chi connectivity index (χ1) is 45.5. The number of fused-ring (bicyclic) bond motifs is 8. The van der Waals surface area contributed by atoms with Crippen molar-refractivity contribution in [3.63, 3.8) is 0 Å². The second-order valence-corrected chi connectivity index (χ2v) is 25.6. The van der Waals surface area contributed by atoms with Gasteiger partial charge in [-0.2, -0.15) is 0 Å². The third-order valence-electron chi connectivity index (χ3n) is 17.5. The van der Waals surface area contributed by atoms with Gasteiger partial charge in [-0.25, -0.2) is 4.98 Å². The second-order valence-electron chi connectivity index (χ2n) is 25.6. The van der Waals surface area contributed by atoms with Crippen LogP contribution in [-0.4, -0.2) is 34.9 Å². The number of benzene rings is 8. The smallest absolute Gasteiger partial charge is 0.0712 e. The Bertz CT molecular complexity index is 5060. The van der Waals surface area contributed by atoms with E-state index in [0.29, 0.717) is 0 Å². The molecule has 7 aromatic heterocycles. The van der Waals surface area contributed by atoms with Crippen molar-refractivity contribution in [2.24, 2.45) is 0 Å². The van der Waals surface area contributed by atoms with Crippen LogP contribution in [0.1, 0.15) is 121 Å². The Morgan fingerprint density at radius 3 is 1.27 bits per heavy atom. The lowest BCUT2D eigenvalue weighted by molar-refractivity contribution is 0.775. The van der Waals surface area contributed by atoms with Gasteiger partial charge in [0.1, 0.15) is 0 Å². The topological polar surface area (TPSA) is 90.2 Å². The number of pyridine rings is 7. The average molecular weight is 1250 g/mol. The number of rotatable bonds is 3. The van der Waals surface area contributed by atoms with Crippen molar-refractivity contribution in [3.05, 3.63) is 302 Å². The molecule has 0 unspecified atom stereocenters. The van der Waals surface area contributed by atoms with Crippen LogP contribution in [0.3, 0.4) is 0 Å². The van der Waals surface area contributed by atoms with Gasteiger partial charge in [-0.1, -0.05) is 157 Å². The van der Waals surface area contributed by atoms with E-state index in [4.69, 9.17) is 0 Å². The fraction of sp³-hybridized carbons (Fsp3) is 0.239. The van der Waals surface area contributed by atoms with E-state index in [1.165, 1.54) is 128 Å². The summed E-state index contributed by atoms with van der Waals surface area (Å²) in [4.78, 5) is 31.7. The maximum Gasteiger partial charge on any atom is 0.0712 e. The van der Waals surface area contributed by atoms with E-state index in [1.54, 1.807) is 0 Å². The summed E-state index contributed by atoms with van der Waals surface area (Å²) < 4.78 is 0. The molecule has 15 rings (SSSR count). The third kappa shape index (κ3) is 17.8. The van der Waals surface area contributed by atoms with E-state index in [-0.39, 0.29) is 0 Å². The predicted molar refractivity (Wildman–Crippen MR) is 409 cm³/mol. The van der Waals surface area contributed by atoms with Crippen molar-refractivity contribution in [1.29, 1.82) is 0 Å². The molecule has 7 nitrogen and oxygen atoms in total. The van der Waals surface area contributed by atoms with Crippen LogP contribution in [0.5, 0.6) is 0 Å². The molecule has 0 aliphatic rings. The molecule has 0 atom stereocenters. The molecule has 15 aromatic rings. The molecule has 7 heterocycles. The standard InChI is InChI=1S/C15H19N.C14H11N.4C12H13N.C11H11N/c1-4-5-6-14-10-13-8-7-11(2)9-15(13)12(3)16-14;1-10-11-6-2-4-8-13(11)15-14-9-5-3-7-12(10)14;1-8-4-5-12-10(3)13-9(2)7-11(12)6-8;1-8-4-5-12-11(6-8)9(2)7-10(3)13-12;1-8-4-5-11-9(2)7-10(3)13-12(11)6-8;1-8-9(2)11-6-4-5-7-12(11)13-10(8)3;1-8-7-10-5-3-4-6-11(10)9(2)12-8/h7-10H,4-6H2,1-3H3;2-9H,1H3;4*4-7H,1-3H3;3-7H,1-2H3. The Labute approximate surface area is 563 Å². The van der Waals surface area contributed by atoms with Gasteiger partial charge in [-0.15, -0.1) is 0 Å². The second kappa shape index (κ2) is 31.7. The molecule has 0 bridgehead atoms. The van der Waals surface area contributed by atoms with Crippen molar-refractivity contribution >= 4 is 86.8 Å². The van der Waals surface area contributed by atoms with Crippen LogP contribution in [0.15, 0.2) is 200 Å². The predicted octanol–water partition coefficient (Wildman–Crippen LogP) is 23.4. The highest BCUT2D eigenvalue weighted by Gasteiger charge is 2.08. The van der Waals surface area contributed by atoms with Crippen LogP contribution in [0, 0.1) is 118 Å². The summed E-state index contributed by atoms with van der Waals surface area (Å²) in [6.45, 7) is 37.8. The summed E-state index contributed by atoms with van der Waals surface area (Å²) in [7, 11) is 0. The summed E-state index contributed by atoms with van der Waals surface area (Å²) in [6.07, 6.45) is 3.55. The van der Waals surface area contributed by atoms with Gasteiger partial charge in [-0.3, -0.25) is 29.9 Å². The first-order valence-electron chi connectivity index (χ1n) is 33.3. The van der Waals surface area contributed by atoms with Crippen LogP contribution in [0.25, 0.3) is 86.8 Å². The van der Waals surface area contributed by atoms with Crippen molar-refractivity contribution in [3.8, 4) is 0 Å². The van der Waals surface area contributed by atoms with Gasteiger partial charge in [-0.05, 0) is 253 Å². The Balaban J connectivity index is 0.000000131. The summed E-state index contributed by atoms with van der Waals surface area (Å²) in [6, 6.07) is 69.8. The molecule has 8 aromatic carbocycles. The SMILES string of the molecule is CCCCc1cc2ccc(C)cc2c(C)n1.Cc1c2ccccc2nc2ccccc12.Cc1cc2ccccc2c(C)n1.Cc1ccc2c(C)cc(C)nc2c1.Cc1ccc2c(C)nc(C)cc2c1.Cc1ccc2nc(C)cc(C)c2c1.Cc1nc2ccccc2c(C)c1C. The van der Waals surface area contributed by atoms with E-state index in [2.05, 4.69) is 308 Å². The number of unbranched alkanes of at least 4 members (excludes halogenated alkanes) is 1. The van der Waals surface area contributed by atoms with Gasteiger partial charge in [0.05, 0.1) is 27.6 Å². The molecule has 0 saturated heterocycles. The molecule has 0 radical (unpaired) electrons. The molecule has 480 valence electrons. The van der Waals surface area contributed by atoms with E-state index in [1.807, 2.05) is 52.0 Å². The van der Waals surface area contributed by atoms with Crippen LogP contribution < -0.4 is 0 Å². The third-order valence-corrected chi connectivity index (χ3v) is 17.5. The average Bonchev–Trinajstić information content (AvgIpc) is 0.830. The maximum absolute atomic E-state index is 4.68. The number of hydrogen-bond acceptors (Lipinski definition) is 7. The van der Waals surface area contributed by atoms with Crippen molar-refractivity contribution in [2.75, 3.05) is 0 Å². The minimum atomic E-state index is 1.08. The quantitative estimate of drug-likeness (QED) is 0.163. The van der Waals surface area contributed by atoms with Crippen LogP contribution in [0.4, 0.5) is 0 Å². The zero-order chi connectivity index (χ0) is 68.0. The lowest BCUT2D eigenvalue weighted by Gasteiger charge is -2.07. The summed E-state index contributed by atoms with van der Waals surface area (Å²) in [5.41, 5.74) is 27.4. The van der Waals surface area contributed by atoms with E-state index in [0.717, 1.165) is 79.6 Å². The Kier molecular flexibility index (Phi) is 23.1. The first-order valence-corrected chi connectivity index (χ1v) is 33.3. The maximum atomic E-state index is 4.68. The Hall–Kier alpha value is -10.1. The van der Waals surface area contributed by atoms with Crippen molar-refractivity contribution in [1.82, 2.24) is 34.9 Å². The fourth-order valence-electron chi connectivity index (χ4n) is 12.4. The first kappa shape index (κ1) is 69.2. The van der Waals surface area contributed by atoms with E-state index in [9.17, 15) is 0 Å². The molecule has 0 amide bonds. The molecular formula is C88H93N7. The Morgan fingerprint density at radius 1 is 0.242 bits per heavy atom. The number of aryl methyl sites for hydroxylation is 17. The van der Waals surface area contributed by atoms with Gasteiger partial charge >= 0.3 is 0 Å². The highest BCUT2D eigenvalue weighted by molar-refractivity contribution is 5.97. The van der Waals surface area contributed by atoms with Crippen molar-refractivity contribution in [2.45, 2.75) is 144 Å². The van der Waals surface area contributed by atoms with Crippen molar-refractivity contribution < 1.29 is 0 Å². The molecule has 0 spiro atoms. The van der Waals surface area contributed by atoms with Gasteiger partial charge in [0.25, 0.3) is 0 Å². The molecule has 0 aliphatic heterocycles. The summed E-state index contributed by atoms with van der Waals surface area (Å²) >= 11 is 0. The van der Waals surface area contributed by atoms with Crippen LogP contribution >= 0.6 is 0 Å². The molecule has 0 N–H and O–H groups in total. The van der Waals surface area contributed by atoms with E-state index >= 15 is 0 Å². The van der Waals surface area contributed by atoms with Crippen LogP contribution in [0.2, 0.25) is 0 Å². The fourth-order valence-corrected chi connectivity index (χ4v) is 12.4. The number of para-hydroxylation sites is 3. The van der Waals surface area contributed by atoms with Gasteiger partial charge in [0.2, 0.25) is 0 Å². The summed E-state index contributed by atoms with van der Waals surface area (Å²) in [5.74, 6) is 0. The molecule has 95 heavy (non-hydrogen) atoms. The molecule has 7 heteroatoms. The molecule has 0 fully saturated rings. The lowest BCUT2D eigenvalue weighted by atomic mass is 10.0. The highest BCUT2D eigenvalue weighted by Crippen LogP contribution is 2.27.